The summed E-state index contributed by atoms with van der Waals surface area (Å²) in [6.45, 7) is 8.32. The smallest absolute Gasteiger partial charge is 0.307 e. The van der Waals surface area contributed by atoms with Gasteiger partial charge in [-0.3, -0.25) is 9.59 Å². The van der Waals surface area contributed by atoms with Gasteiger partial charge in [-0.05, 0) is 23.7 Å². The molecule has 1 amide bonds. The summed E-state index contributed by atoms with van der Waals surface area (Å²) in [6, 6.07) is 0. The number of hydrogen-bond acceptors (Lipinski definition) is 3. The molecule has 0 spiro atoms. The third kappa shape index (κ3) is 3.69. The number of amides is 1. The molecule has 0 aromatic rings. The van der Waals surface area contributed by atoms with E-state index < -0.39 is 23.2 Å². The van der Waals surface area contributed by atoms with Gasteiger partial charge < -0.3 is 15.5 Å². The minimum Gasteiger partial charge on any atom is -0.481 e. The van der Waals surface area contributed by atoms with E-state index in [1.165, 1.54) is 0 Å². The van der Waals surface area contributed by atoms with Crippen molar-refractivity contribution >= 4 is 11.9 Å². The van der Waals surface area contributed by atoms with E-state index >= 15 is 0 Å². The molecule has 0 bridgehead atoms. The molecule has 0 heterocycles. The Morgan fingerprint density at radius 1 is 1.26 bits per heavy atom. The second-order valence-electron chi connectivity index (χ2n) is 6.82. The molecule has 0 radical (unpaired) electrons. The van der Waals surface area contributed by atoms with Crippen molar-refractivity contribution in [3.8, 4) is 0 Å². The van der Waals surface area contributed by atoms with Crippen LogP contribution in [-0.2, 0) is 9.59 Å². The van der Waals surface area contributed by atoms with Crippen molar-refractivity contribution < 1.29 is 19.8 Å². The molecule has 0 aliphatic heterocycles. The largest absolute Gasteiger partial charge is 0.481 e. The Morgan fingerprint density at radius 2 is 1.84 bits per heavy atom. The molecule has 19 heavy (non-hydrogen) atoms. The van der Waals surface area contributed by atoms with Crippen LogP contribution in [-0.4, -0.2) is 35.2 Å². The zero-order valence-electron chi connectivity index (χ0n) is 12.2. The van der Waals surface area contributed by atoms with E-state index in [0.29, 0.717) is 13.0 Å². The maximum atomic E-state index is 12.0. The van der Waals surface area contributed by atoms with Gasteiger partial charge in [0, 0.05) is 13.2 Å². The van der Waals surface area contributed by atoms with Gasteiger partial charge in [0.05, 0.1) is 11.8 Å². The summed E-state index contributed by atoms with van der Waals surface area (Å²) in [6.07, 6.45) is 1.52. The van der Waals surface area contributed by atoms with Gasteiger partial charge in [0.15, 0.2) is 0 Å². The lowest BCUT2D eigenvalue weighted by Crippen LogP contribution is -2.36. The van der Waals surface area contributed by atoms with Crippen molar-refractivity contribution in [1.29, 1.82) is 0 Å². The van der Waals surface area contributed by atoms with Crippen molar-refractivity contribution in [3.05, 3.63) is 0 Å². The first-order chi connectivity index (χ1) is 8.63. The lowest BCUT2D eigenvalue weighted by atomic mass is 9.88. The minimum absolute atomic E-state index is 0.0872. The summed E-state index contributed by atoms with van der Waals surface area (Å²) < 4.78 is 0. The molecule has 1 fully saturated rings. The molecule has 0 aromatic heterocycles. The average Bonchev–Trinajstić information content (AvgIpc) is 2.87. The van der Waals surface area contributed by atoms with E-state index in [2.05, 4.69) is 5.32 Å². The van der Waals surface area contributed by atoms with E-state index in [-0.39, 0.29) is 17.9 Å². The van der Waals surface area contributed by atoms with Crippen LogP contribution in [0.4, 0.5) is 0 Å². The van der Waals surface area contributed by atoms with Crippen LogP contribution in [0.25, 0.3) is 0 Å². The van der Waals surface area contributed by atoms with E-state index in [9.17, 15) is 9.59 Å². The first kappa shape index (κ1) is 16.0. The number of nitrogens with one attached hydrogen (secondary N) is 1. The number of carboxylic acids is 1. The summed E-state index contributed by atoms with van der Waals surface area (Å²) in [5.74, 6) is -2.08. The molecule has 0 aromatic carbocycles. The maximum Gasteiger partial charge on any atom is 0.307 e. The van der Waals surface area contributed by atoms with Crippen LogP contribution in [0.5, 0.6) is 0 Å². The molecule has 0 unspecified atom stereocenters. The Morgan fingerprint density at radius 3 is 2.26 bits per heavy atom. The Kier molecular flexibility index (Phi) is 4.61. The quantitative estimate of drug-likeness (QED) is 0.650. The predicted octanol–water partition coefficient (Wildman–Crippen LogP) is 1.26. The van der Waals surface area contributed by atoms with Crippen LogP contribution >= 0.6 is 0 Å². The predicted molar refractivity (Wildman–Crippen MR) is 71.5 cm³/mol. The molecule has 1 rings (SSSR count). The van der Waals surface area contributed by atoms with Crippen LogP contribution in [0.15, 0.2) is 0 Å². The van der Waals surface area contributed by atoms with E-state index in [1.54, 1.807) is 0 Å². The maximum absolute atomic E-state index is 12.0. The molecule has 110 valence electrons. The Hall–Kier alpha value is -1.10. The summed E-state index contributed by atoms with van der Waals surface area (Å²) in [5.41, 5.74) is -0.540. The van der Waals surface area contributed by atoms with Crippen molar-refractivity contribution in [2.75, 3.05) is 13.2 Å². The lowest BCUT2D eigenvalue weighted by molar-refractivity contribution is -0.140. The van der Waals surface area contributed by atoms with Gasteiger partial charge in [-0.1, -0.05) is 27.7 Å². The van der Waals surface area contributed by atoms with Crippen molar-refractivity contribution in [3.63, 3.8) is 0 Å². The molecule has 3 N–H and O–H groups in total. The number of aliphatic hydroxyl groups is 1. The molecule has 1 aliphatic rings. The number of hydrogen-bond donors (Lipinski definition) is 3. The monoisotopic (exact) mass is 271 g/mol. The Bertz CT molecular complexity index is 362. The number of rotatable bonds is 7. The van der Waals surface area contributed by atoms with E-state index in [4.69, 9.17) is 10.2 Å². The minimum atomic E-state index is -0.898. The highest BCUT2D eigenvalue weighted by molar-refractivity contribution is 5.91. The highest BCUT2D eigenvalue weighted by Crippen LogP contribution is 2.58. The summed E-state index contributed by atoms with van der Waals surface area (Å²) in [4.78, 5) is 23.1. The van der Waals surface area contributed by atoms with Crippen molar-refractivity contribution in [2.45, 2.75) is 40.5 Å². The molecule has 1 aliphatic carbocycles. The van der Waals surface area contributed by atoms with Gasteiger partial charge in [-0.2, -0.15) is 0 Å². The van der Waals surface area contributed by atoms with Gasteiger partial charge in [0.1, 0.15) is 0 Å². The molecule has 0 saturated heterocycles. The Labute approximate surface area is 114 Å². The van der Waals surface area contributed by atoms with Crippen molar-refractivity contribution in [2.24, 2.45) is 22.7 Å². The van der Waals surface area contributed by atoms with Crippen LogP contribution in [0.1, 0.15) is 40.5 Å². The number of carbonyl (C=O) groups excluding carboxylic acids is 1. The second-order valence-corrected chi connectivity index (χ2v) is 6.82. The fourth-order valence-corrected chi connectivity index (χ4v) is 2.67. The van der Waals surface area contributed by atoms with Gasteiger partial charge >= 0.3 is 5.97 Å². The third-order valence-corrected chi connectivity index (χ3v) is 4.13. The average molecular weight is 271 g/mol. The lowest BCUT2D eigenvalue weighted by Gasteiger charge is -2.24. The van der Waals surface area contributed by atoms with Gasteiger partial charge in [-0.15, -0.1) is 0 Å². The van der Waals surface area contributed by atoms with E-state index in [0.717, 1.165) is 6.42 Å². The van der Waals surface area contributed by atoms with Crippen molar-refractivity contribution in [1.82, 2.24) is 5.32 Å². The standard InChI is InChI=1S/C14H25NO4/c1-13(2,6-5-7-16)8-15-11(17)9-10(12(18)19)14(9,3)4/h9-10,16H,5-8H2,1-4H3,(H,15,17)(H,18,19)/t9-,10+/m1/s1. The molecule has 5 heteroatoms. The summed E-state index contributed by atoms with van der Waals surface area (Å²) in [5, 5.41) is 20.7. The normalized spacial score (nSPS) is 24.9. The molecule has 2 atom stereocenters. The summed E-state index contributed by atoms with van der Waals surface area (Å²) in [7, 11) is 0. The third-order valence-electron chi connectivity index (χ3n) is 4.13. The molecular formula is C14H25NO4. The summed E-state index contributed by atoms with van der Waals surface area (Å²) >= 11 is 0. The fourth-order valence-electron chi connectivity index (χ4n) is 2.67. The zero-order valence-corrected chi connectivity index (χ0v) is 12.2. The second kappa shape index (κ2) is 5.49. The molecular weight excluding hydrogens is 246 g/mol. The highest BCUT2D eigenvalue weighted by atomic mass is 16.4. The SMILES string of the molecule is CC(C)(CCCO)CNC(=O)[C@H]1[C@@H](C(=O)O)C1(C)C. The van der Waals surface area contributed by atoms with Crippen LogP contribution in [0.2, 0.25) is 0 Å². The van der Waals surface area contributed by atoms with Gasteiger partial charge in [-0.25, -0.2) is 0 Å². The van der Waals surface area contributed by atoms with E-state index in [1.807, 2.05) is 27.7 Å². The highest BCUT2D eigenvalue weighted by Gasteiger charge is 2.65. The number of carbonyl (C=O) groups is 2. The fraction of sp³-hybridized carbons (Fsp3) is 0.857. The van der Waals surface area contributed by atoms with Crippen LogP contribution in [0, 0.1) is 22.7 Å². The number of aliphatic hydroxyl groups excluding tert-OH is 1. The molecule has 1 saturated carbocycles. The first-order valence-electron chi connectivity index (χ1n) is 6.75. The van der Waals surface area contributed by atoms with Crippen LogP contribution in [0.3, 0.4) is 0 Å². The number of aliphatic carboxylic acids is 1. The Balaban J connectivity index is 2.47. The first-order valence-corrected chi connectivity index (χ1v) is 6.75. The van der Waals surface area contributed by atoms with Crippen LogP contribution < -0.4 is 5.32 Å². The van der Waals surface area contributed by atoms with Gasteiger partial charge in [0.2, 0.25) is 5.91 Å². The van der Waals surface area contributed by atoms with Gasteiger partial charge in [0.25, 0.3) is 0 Å². The number of carboxylic acid groups (broad SMARTS) is 1. The molecule has 5 nitrogen and oxygen atoms in total. The topological polar surface area (TPSA) is 86.6 Å². The zero-order chi connectivity index (χ0) is 14.8.